The maximum Gasteiger partial charge on any atom is 0.408 e. The zero-order valence-electron chi connectivity index (χ0n) is 22.3. The molecule has 3 N–H and O–H groups in total. The first-order chi connectivity index (χ1) is 17.7. The lowest BCUT2D eigenvalue weighted by atomic mass is 10.1. The summed E-state index contributed by atoms with van der Waals surface area (Å²) in [5, 5.41) is 5.08. The van der Waals surface area contributed by atoms with Gasteiger partial charge in [0.05, 0.1) is 12.8 Å². The van der Waals surface area contributed by atoms with Gasteiger partial charge in [-0.3, -0.25) is 14.4 Å². The second kappa shape index (κ2) is 12.9. The number of carbonyl (C=O) groups excluding carboxylic acids is 4. The van der Waals surface area contributed by atoms with Gasteiger partial charge < -0.3 is 20.1 Å². The molecule has 0 heterocycles. The number of para-hydroxylation sites is 1. The van der Waals surface area contributed by atoms with Crippen molar-refractivity contribution < 1.29 is 37.1 Å². The van der Waals surface area contributed by atoms with Crippen LogP contribution in [0.2, 0.25) is 0 Å². The summed E-state index contributed by atoms with van der Waals surface area (Å²) in [4.78, 5) is 48.7. The van der Waals surface area contributed by atoms with Crippen LogP contribution < -0.4 is 15.4 Å². The third-order valence-corrected chi connectivity index (χ3v) is 7.26. The summed E-state index contributed by atoms with van der Waals surface area (Å²) in [6, 6.07) is 5.72. The Labute approximate surface area is 223 Å². The van der Waals surface area contributed by atoms with Crippen molar-refractivity contribution in [3.63, 3.8) is 0 Å². The molecular formula is C26H37N3O8S. The minimum absolute atomic E-state index is 0.0220. The molecule has 1 fully saturated rings. The van der Waals surface area contributed by atoms with Crippen molar-refractivity contribution in [2.24, 2.45) is 5.92 Å². The molecule has 2 atom stereocenters. The lowest BCUT2D eigenvalue weighted by Gasteiger charge is -2.23. The Morgan fingerprint density at radius 1 is 1.08 bits per heavy atom. The van der Waals surface area contributed by atoms with Gasteiger partial charge >= 0.3 is 12.1 Å². The van der Waals surface area contributed by atoms with Gasteiger partial charge in [0.1, 0.15) is 16.0 Å². The highest BCUT2D eigenvalue weighted by atomic mass is 32.2. The molecule has 0 bridgehead atoms. The molecule has 0 aromatic heterocycles. The van der Waals surface area contributed by atoms with Crippen molar-refractivity contribution >= 4 is 39.6 Å². The summed E-state index contributed by atoms with van der Waals surface area (Å²) in [5.41, 5.74) is -2.30. The number of hydrogen-bond acceptors (Lipinski definition) is 8. The molecule has 2 rings (SSSR count). The monoisotopic (exact) mass is 551 g/mol. The van der Waals surface area contributed by atoms with Gasteiger partial charge in [0.25, 0.3) is 15.9 Å². The third kappa shape index (κ3) is 8.86. The van der Waals surface area contributed by atoms with Crippen molar-refractivity contribution in [3.05, 3.63) is 36.9 Å². The summed E-state index contributed by atoms with van der Waals surface area (Å²) < 4.78 is 38.1. The number of hydrogen-bond donors (Lipinski definition) is 3. The fraction of sp³-hybridized carbons (Fsp3) is 0.538. The van der Waals surface area contributed by atoms with E-state index in [1.165, 1.54) is 31.4 Å². The predicted molar refractivity (Wildman–Crippen MR) is 141 cm³/mol. The van der Waals surface area contributed by atoms with E-state index in [1.54, 1.807) is 26.8 Å². The van der Waals surface area contributed by atoms with Crippen LogP contribution in [-0.4, -0.2) is 50.5 Å². The predicted octanol–water partition coefficient (Wildman–Crippen LogP) is 3.41. The number of benzene rings is 1. The van der Waals surface area contributed by atoms with Crippen LogP contribution in [0.1, 0.15) is 65.7 Å². The smallest absolute Gasteiger partial charge is 0.408 e. The largest absolute Gasteiger partial charge is 0.469 e. The molecule has 0 spiro atoms. The standard InChI is InChI=1S/C26H37N3O8S/c1-6-18-17-26(18,28-24(33)37-25(2,3)4)23(32)29-38(34,35)20-14-12-11-13-19(20)27-21(30)15-9-7-8-10-16-22(31)36-5/h6,11-14,18H,1,7-10,15-17H2,2-5H3,(H,27,30)(H,28,33)(H,29,32)/t18-,26-/m1/s1. The Morgan fingerprint density at radius 3 is 2.29 bits per heavy atom. The quantitative estimate of drug-likeness (QED) is 0.191. The van der Waals surface area contributed by atoms with Gasteiger partial charge in [-0.25, -0.2) is 17.9 Å². The molecule has 1 aromatic carbocycles. The van der Waals surface area contributed by atoms with Crippen LogP contribution >= 0.6 is 0 Å². The van der Waals surface area contributed by atoms with Crippen LogP contribution in [0.4, 0.5) is 10.5 Å². The van der Waals surface area contributed by atoms with Crippen LogP contribution in [-0.2, 0) is 33.9 Å². The first kappa shape index (κ1) is 30.8. The van der Waals surface area contributed by atoms with E-state index in [1.807, 2.05) is 4.72 Å². The van der Waals surface area contributed by atoms with Crippen molar-refractivity contribution in [1.29, 1.82) is 0 Å². The van der Waals surface area contributed by atoms with Gasteiger partial charge in [-0.1, -0.05) is 31.1 Å². The molecule has 0 aliphatic heterocycles. The fourth-order valence-electron chi connectivity index (χ4n) is 3.82. The van der Waals surface area contributed by atoms with E-state index in [0.717, 1.165) is 12.8 Å². The lowest BCUT2D eigenvalue weighted by molar-refractivity contribution is -0.140. The minimum atomic E-state index is -4.41. The number of sulfonamides is 1. The van der Waals surface area contributed by atoms with Gasteiger partial charge in [-0.2, -0.15) is 0 Å². The van der Waals surface area contributed by atoms with Gasteiger partial charge in [-0.05, 0) is 52.2 Å². The summed E-state index contributed by atoms with van der Waals surface area (Å²) in [7, 11) is -3.08. The average molecular weight is 552 g/mol. The maximum atomic E-state index is 13.2. The SMILES string of the molecule is C=C[C@@H]1C[C@]1(NC(=O)OC(C)(C)C)C(=O)NS(=O)(=O)c1ccccc1NC(=O)CCCCCCC(=O)OC. The van der Waals surface area contributed by atoms with Crippen LogP contribution in [0.25, 0.3) is 0 Å². The van der Waals surface area contributed by atoms with E-state index < -0.39 is 39.1 Å². The van der Waals surface area contributed by atoms with Crippen molar-refractivity contribution in [3.8, 4) is 0 Å². The van der Waals surface area contributed by atoms with Gasteiger partial charge in [-0.15, -0.1) is 6.58 Å². The van der Waals surface area contributed by atoms with E-state index in [0.29, 0.717) is 19.3 Å². The van der Waals surface area contributed by atoms with Gasteiger partial charge in [0.15, 0.2) is 0 Å². The summed E-state index contributed by atoms with van der Waals surface area (Å²) in [6.07, 6.45) is 3.94. The number of amides is 3. The molecule has 1 aliphatic rings. The average Bonchev–Trinajstić information content (AvgIpc) is 3.53. The van der Waals surface area contributed by atoms with E-state index in [-0.39, 0.29) is 35.3 Å². The van der Waals surface area contributed by atoms with E-state index in [9.17, 15) is 27.6 Å². The van der Waals surface area contributed by atoms with E-state index >= 15 is 0 Å². The molecule has 12 heteroatoms. The first-order valence-corrected chi connectivity index (χ1v) is 13.9. The number of esters is 1. The van der Waals surface area contributed by atoms with Crippen LogP contribution in [0.3, 0.4) is 0 Å². The second-order valence-corrected chi connectivity index (χ2v) is 11.8. The number of rotatable bonds is 13. The Kier molecular flexibility index (Phi) is 10.5. The molecule has 1 aliphatic carbocycles. The highest BCUT2D eigenvalue weighted by molar-refractivity contribution is 7.90. The lowest BCUT2D eigenvalue weighted by Crippen LogP contribution is -2.52. The molecular weight excluding hydrogens is 514 g/mol. The van der Waals surface area contributed by atoms with Crippen LogP contribution in [0, 0.1) is 5.92 Å². The number of alkyl carbamates (subject to hydrolysis) is 1. The normalized spacial score (nSPS) is 18.6. The number of nitrogens with one attached hydrogen (secondary N) is 3. The minimum Gasteiger partial charge on any atom is -0.469 e. The molecule has 210 valence electrons. The third-order valence-electron chi connectivity index (χ3n) is 5.87. The molecule has 38 heavy (non-hydrogen) atoms. The zero-order chi connectivity index (χ0) is 28.6. The summed E-state index contributed by atoms with van der Waals surface area (Å²) in [5.74, 6) is -2.07. The Hall–Kier alpha value is -3.41. The Bertz CT molecular complexity index is 1160. The van der Waals surface area contributed by atoms with Crippen molar-refractivity contribution in [2.45, 2.75) is 81.8 Å². The second-order valence-electron chi connectivity index (χ2n) is 10.1. The highest BCUT2D eigenvalue weighted by Gasteiger charge is 2.61. The number of carbonyl (C=O) groups is 4. The van der Waals surface area contributed by atoms with Crippen LogP contribution in [0.15, 0.2) is 41.8 Å². The molecule has 11 nitrogen and oxygen atoms in total. The van der Waals surface area contributed by atoms with Crippen LogP contribution in [0.5, 0.6) is 0 Å². The number of ether oxygens (including phenoxy) is 2. The topological polar surface area (TPSA) is 157 Å². The first-order valence-electron chi connectivity index (χ1n) is 12.4. The highest BCUT2D eigenvalue weighted by Crippen LogP contribution is 2.45. The molecule has 0 saturated heterocycles. The van der Waals surface area contributed by atoms with Gasteiger partial charge in [0, 0.05) is 18.8 Å². The summed E-state index contributed by atoms with van der Waals surface area (Å²) >= 11 is 0. The molecule has 0 unspecified atom stereocenters. The van der Waals surface area contributed by atoms with Crippen molar-refractivity contribution in [1.82, 2.24) is 10.0 Å². The number of unbranched alkanes of at least 4 members (excludes halogenated alkanes) is 3. The molecule has 3 amide bonds. The van der Waals surface area contributed by atoms with E-state index in [4.69, 9.17) is 4.74 Å². The molecule has 1 aromatic rings. The van der Waals surface area contributed by atoms with Gasteiger partial charge in [0.2, 0.25) is 5.91 Å². The number of anilines is 1. The maximum absolute atomic E-state index is 13.2. The molecule has 1 saturated carbocycles. The Morgan fingerprint density at radius 2 is 1.71 bits per heavy atom. The van der Waals surface area contributed by atoms with Crippen molar-refractivity contribution in [2.75, 3.05) is 12.4 Å². The molecule has 0 radical (unpaired) electrons. The Balaban J connectivity index is 2.03. The summed E-state index contributed by atoms with van der Waals surface area (Å²) in [6.45, 7) is 8.64. The fourth-order valence-corrected chi connectivity index (χ4v) is 5.02. The number of methoxy groups -OCH3 is 1. The van der Waals surface area contributed by atoms with E-state index in [2.05, 4.69) is 21.9 Å². The zero-order valence-corrected chi connectivity index (χ0v) is 23.1.